The van der Waals surface area contributed by atoms with Gasteiger partial charge in [-0.25, -0.2) is 0 Å². The van der Waals surface area contributed by atoms with Crippen molar-refractivity contribution in [2.24, 2.45) is 0 Å². The van der Waals surface area contributed by atoms with Crippen molar-refractivity contribution >= 4 is 0 Å². The van der Waals surface area contributed by atoms with Crippen molar-refractivity contribution in [1.29, 1.82) is 0 Å². The van der Waals surface area contributed by atoms with Gasteiger partial charge < -0.3 is 14.8 Å². The van der Waals surface area contributed by atoms with Crippen molar-refractivity contribution in [3.8, 4) is 5.75 Å². The van der Waals surface area contributed by atoms with Crippen molar-refractivity contribution < 1.29 is 9.47 Å². The Balaban J connectivity index is 2.18. The van der Waals surface area contributed by atoms with Crippen LogP contribution in [-0.4, -0.2) is 31.9 Å². The summed E-state index contributed by atoms with van der Waals surface area (Å²) in [4.78, 5) is 0. The average molecular weight is 291 g/mol. The molecule has 0 saturated heterocycles. The first kappa shape index (κ1) is 16.3. The largest absolute Gasteiger partial charge is 0.493 e. The number of methoxy groups -OCH3 is 1. The van der Waals surface area contributed by atoms with Gasteiger partial charge in [-0.3, -0.25) is 0 Å². The maximum Gasteiger partial charge on any atom is 0.122 e. The lowest BCUT2D eigenvalue weighted by Gasteiger charge is -2.39. The molecule has 3 atom stereocenters. The summed E-state index contributed by atoms with van der Waals surface area (Å²) >= 11 is 0. The van der Waals surface area contributed by atoms with Crippen LogP contribution >= 0.6 is 0 Å². The zero-order valence-corrected chi connectivity index (χ0v) is 13.8. The molecule has 2 rings (SSSR count). The molecule has 1 aliphatic rings. The van der Waals surface area contributed by atoms with E-state index >= 15 is 0 Å². The Kier molecular flexibility index (Phi) is 5.65. The highest BCUT2D eigenvalue weighted by molar-refractivity contribution is 5.37. The molecule has 1 aromatic rings. The normalized spacial score (nSPS) is 22.0. The lowest BCUT2D eigenvalue weighted by atomic mass is 9.81. The van der Waals surface area contributed by atoms with Crippen LogP contribution in [-0.2, 0) is 4.74 Å². The topological polar surface area (TPSA) is 30.5 Å². The van der Waals surface area contributed by atoms with Crippen molar-refractivity contribution in [1.82, 2.24) is 5.32 Å². The Bertz CT molecular complexity index is 443. The minimum absolute atomic E-state index is 0.122. The lowest BCUT2D eigenvalue weighted by molar-refractivity contribution is -0.0332. The van der Waals surface area contributed by atoms with Crippen LogP contribution in [0.2, 0.25) is 0 Å². The van der Waals surface area contributed by atoms with E-state index in [4.69, 9.17) is 9.47 Å². The smallest absolute Gasteiger partial charge is 0.122 e. The van der Waals surface area contributed by atoms with Gasteiger partial charge in [0.05, 0.1) is 12.2 Å². The molecule has 0 aromatic heterocycles. The third-order valence-electron chi connectivity index (χ3n) is 4.96. The van der Waals surface area contributed by atoms with Gasteiger partial charge in [-0.15, -0.1) is 0 Å². The number of para-hydroxylation sites is 1. The van der Waals surface area contributed by atoms with Crippen LogP contribution in [0.25, 0.3) is 0 Å². The number of fused-ring (bicyclic) bond motifs is 1. The SMILES string of the molecule is CCNC(CC1CCOc2ccccc21)C(C)(CC)OC. The van der Waals surface area contributed by atoms with Gasteiger partial charge >= 0.3 is 0 Å². The molecule has 0 spiro atoms. The van der Waals surface area contributed by atoms with Crippen molar-refractivity contribution in [2.75, 3.05) is 20.3 Å². The molecular weight excluding hydrogens is 262 g/mol. The molecule has 0 radical (unpaired) electrons. The van der Waals surface area contributed by atoms with Crippen LogP contribution in [0.5, 0.6) is 5.75 Å². The molecule has 0 saturated carbocycles. The second-order valence-corrected chi connectivity index (χ2v) is 6.09. The summed E-state index contributed by atoms with van der Waals surface area (Å²) in [5, 5.41) is 3.64. The van der Waals surface area contributed by atoms with E-state index in [0.717, 1.165) is 38.2 Å². The first-order chi connectivity index (χ1) is 10.1. The Labute approximate surface area is 129 Å². The van der Waals surface area contributed by atoms with Crippen molar-refractivity contribution in [2.45, 2.75) is 57.6 Å². The summed E-state index contributed by atoms with van der Waals surface area (Å²) in [7, 11) is 1.83. The number of hydrogen-bond acceptors (Lipinski definition) is 3. The van der Waals surface area contributed by atoms with Gasteiger partial charge in [-0.1, -0.05) is 32.0 Å². The summed E-state index contributed by atoms with van der Waals surface area (Å²) in [5.74, 6) is 1.60. The summed E-state index contributed by atoms with van der Waals surface area (Å²) in [6.07, 6.45) is 3.18. The fourth-order valence-corrected chi connectivity index (χ4v) is 3.27. The zero-order chi connectivity index (χ0) is 15.3. The highest BCUT2D eigenvalue weighted by atomic mass is 16.5. The molecule has 1 aliphatic heterocycles. The number of rotatable bonds is 7. The first-order valence-corrected chi connectivity index (χ1v) is 8.14. The van der Waals surface area contributed by atoms with Gasteiger partial charge in [0.2, 0.25) is 0 Å². The van der Waals surface area contributed by atoms with Crippen molar-refractivity contribution in [3.05, 3.63) is 29.8 Å². The Morgan fingerprint density at radius 1 is 1.38 bits per heavy atom. The van der Waals surface area contributed by atoms with Gasteiger partial charge in [0.1, 0.15) is 5.75 Å². The third-order valence-corrected chi connectivity index (χ3v) is 4.96. The third kappa shape index (κ3) is 3.58. The standard InChI is InChI=1S/C18H29NO2/c1-5-18(3,20-4)17(19-6-2)13-14-11-12-21-16-10-8-7-9-15(14)16/h7-10,14,17,19H,5-6,11-13H2,1-4H3. The number of ether oxygens (including phenoxy) is 2. The van der Waals surface area contributed by atoms with Gasteiger partial charge in [-0.2, -0.15) is 0 Å². The summed E-state index contributed by atoms with van der Waals surface area (Å²) in [6, 6.07) is 8.80. The molecule has 1 N–H and O–H groups in total. The molecule has 118 valence electrons. The quantitative estimate of drug-likeness (QED) is 0.830. The predicted molar refractivity (Wildman–Crippen MR) is 87.1 cm³/mol. The number of nitrogens with one attached hydrogen (secondary N) is 1. The molecule has 1 aromatic carbocycles. The van der Waals surface area contributed by atoms with Crippen LogP contribution < -0.4 is 10.1 Å². The van der Waals surface area contributed by atoms with Gasteiger partial charge in [0, 0.05) is 13.2 Å². The second-order valence-electron chi connectivity index (χ2n) is 6.09. The molecule has 3 nitrogen and oxygen atoms in total. The van der Waals surface area contributed by atoms with Crippen LogP contribution in [0.4, 0.5) is 0 Å². The number of benzene rings is 1. The van der Waals surface area contributed by atoms with Crippen LogP contribution in [0, 0.1) is 0 Å². The summed E-state index contributed by atoms with van der Waals surface area (Å²) in [5.41, 5.74) is 1.23. The van der Waals surface area contributed by atoms with E-state index in [2.05, 4.69) is 44.3 Å². The van der Waals surface area contributed by atoms with E-state index in [1.54, 1.807) is 0 Å². The maximum absolute atomic E-state index is 5.84. The highest BCUT2D eigenvalue weighted by Crippen LogP contribution is 2.38. The highest BCUT2D eigenvalue weighted by Gasteiger charge is 2.35. The molecule has 1 heterocycles. The van der Waals surface area contributed by atoms with Gasteiger partial charge in [0.15, 0.2) is 0 Å². The second kappa shape index (κ2) is 7.28. The van der Waals surface area contributed by atoms with Crippen LogP contribution in [0.15, 0.2) is 24.3 Å². The summed E-state index contributed by atoms with van der Waals surface area (Å²) < 4.78 is 11.6. The molecule has 0 aliphatic carbocycles. The zero-order valence-electron chi connectivity index (χ0n) is 13.8. The monoisotopic (exact) mass is 291 g/mol. The molecule has 0 fully saturated rings. The first-order valence-electron chi connectivity index (χ1n) is 8.14. The van der Waals surface area contributed by atoms with Crippen LogP contribution in [0.3, 0.4) is 0 Å². The minimum Gasteiger partial charge on any atom is -0.493 e. The number of hydrogen-bond donors (Lipinski definition) is 1. The van der Waals surface area contributed by atoms with E-state index in [1.807, 2.05) is 13.2 Å². The molecular formula is C18H29NO2. The summed E-state index contributed by atoms with van der Waals surface area (Å²) in [6.45, 7) is 8.36. The van der Waals surface area contributed by atoms with E-state index in [0.29, 0.717) is 12.0 Å². The maximum atomic E-state index is 5.84. The Morgan fingerprint density at radius 2 is 2.14 bits per heavy atom. The fraction of sp³-hybridized carbons (Fsp3) is 0.667. The predicted octanol–water partition coefficient (Wildman–Crippen LogP) is 3.74. The average Bonchev–Trinajstić information content (AvgIpc) is 2.54. The van der Waals surface area contributed by atoms with E-state index < -0.39 is 0 Å². The number of likely N-dealkylation sites (N-methyl/N-ethyl adjacent to an activating group) is 1. The van der Waals surface area contributed by atoms with E-state index in [9.17, 15) is 0 Å². The molecule has 21 heavy (non-hydrogen) atoms. The van der Waals surface area contributed by atoms with E-state index in [-0.39, 0.29) is 5.60 Å². The van der Waals surface area contributed by atoms with Crippen molar-refractivity contribution in [3.63, 3.8) is 0 Å². The Hall–Kier alpha value is -1.06. The lowest BCUT2D eigenvalue weighted by Crippen LogP contribution is -2.50. The molecule has 0 amide bonds. The van der Waals surface area contributed by atoms with E-state index in [1.165, 1.54) is 5.56 Å². The van der Waals surface area contributed by atoms with Crippen LogP contribution in [0.1, 0.15) is 51.5 Å². The van der Waals surface area contributed by atoms with Gasteiger partial charge in [0.25, 0.3) is 0 Å². The molecule has 3 unspecified atom stereocenters. The minimum atomic E-state index is -0.122. The van der Waals surface area contributed by atoms with Gasteiger partial charge in [-0.05, 0) is 50.3 Å². The fourth-order valence-electron chi connectivity index (χ4n) is 3.27. The Morgan fingerprint density at radius 3 is 2.81 bits per heavy atom. The molecule has 3 heteroatoms. The molecule has 0 bridgehead atoms.